The van der Waals surface area contributed by atoms with Crippen LogP contribution >= 0.6 is 0 Å². The van der Waals surface area contributed by atoms with Crippen LogP contribution in [0.3, 0.4) is 0 Å². The molecule has 2 aliphatic heterocycles. The number of hydrogen-bond donors (Lipinski definition) is 1. The van der Waals surface area contributed by atoms with Crippen LogP contribution in [0.4, 0.5) is 0 Å². The highest BCUT2D eigenvalue weighted by atomic mass is 16.5. The third-order valence-electron chi connectivity index (χ3n) is 6.02. The van der Waals surface area contributed by atoms with Crippen molar-refractivity contribution >= 4 is 5.96 Å². The smallest absolute Gasteiger partial charge is 0.194 e. The molecule has 0 aliphatic carbocycles. The van der Waals surface area contributed by atoms with Crippen LogP contribution in [0.1, 0.15) is 29.2 Å². The summed E-state index contributed by atoms with van der Waals surface area (Å²) in [5, 5.41) is 12.0. The molecule has 1 fully saturated rings. The maximum Gasteiger partial charge on any atom is 0.194 e. The Labute approximate surface area is 178 Å². The summed E-state index contributed by atoms with van der Waals surface area (Å²) in [6.45, 7) is 10.1. The molecule has 2 aliphatic rings. The number of aryl methyl sites for hydroxylation is 1. The highest BCUT2D eigenvalue weighted by Gasteiger charge is 2.19. The van der Waals surface area contributed by atoms with Gasteiger partial charge in [-0.05, 0) is 37.4 Å². The van der Waals surface area contributed by atoms with Crippen molar-refractivity contribution in [2.75, 3.05) is 45.9 Å². The molecule has 0 amide bonds. The van der Waals surface area contributed by atoms with Crippen molar-refractivity contribution in [3.8, 4) is 0 Å². The Morgan fingerprint density at radius 2 is 1.93 bits per heavy atom. The van der Waals surface area contributed by atoms with Crippen LogP contribution in [0.25, 0.3) is 0 Å². The molecular formula is C22H33N7O. The number of ether oxygens (including phenoxy) is 1. The normalized spacial score (nSPS) is 17.8. The van der Waals surface area contributed by atoms with E-state index >= 15 is 0 Å². The molecule has 2 aromatic rings. The molecule has 8 heteroatoms. The van der Waals surface area contributed by atoms with Gasteiger partial charge in [0, 0.05) is 39.8 Å². The molecule has 4 rings (SSSR count). The molecule has 1 N–H and O–H groups in total. The van der Waals surface area contributed by atoms with Gasteiger partial charge in [-0.15, -0.1) is 10.2 Å². The molecule has 162 valence electrons. The lowest BCUT2D eigenvalue weighted by Crippen LogP contribution is -2.45. The highest BCUT2D eigenvalue weighted by Crippen LogP contribution is 2.18. The van der Waals surface area contributed by atoms with Crippen LogP contribution in [0.5, 0.6) is 0 Å². The predicted octanol–water partition coefficient (Wildman–Crippen LogP) is 1.35. The Hall–Kier alpha value is -2.45. The summed E-state index contributed by atoms with van der Waals surface area (Å²) < 4.78 is 7.45. The number of aromatic nitrogens is 3. The lowest BCUT2D eigenvalue weighted by molar-refractivity contribution is 0.0375. The number of rotatable bonds is 6. The van der Waals surface area contributed by atoms with Crippen LogP contribution in [0.15, 0.2) is 29.3 Å². The van der Waals surface area contributed by atoms with Crippen molar-refractivity contribution in [3.05, 3.63) is 47.0 Å². The molecule has 0 unspecified atom stereocenters. The summed E-state index contributed by atoms with van der Waals surface area (Å²) in [5.41, 5.74) is 2.84. The van der Waals surface area contributed by atoms with Crippen molar-refractivity contribution in [3.63, 3.8) is 0 Å². The van der Waals surface area contributed by atoms with Gasteiger partial charge in [0.1, 0.15) is 12.4 Å². The fraction of sp³-hybridized carbons (Fsp3) is 0.591. The second-order valence-corrected chi connectivity index (χ2v) is 8.04. The average Bonchev–Trinajstić information content (AvgIpc) is 3.11. The van der Waals surface area contributed by atoms with Gasteiger partial charge in [0.15, 0.2) is 11.8 Å². The van der Waals surface area contributed by atoms with Crippen molar-refractivity contribution in [2.45, 2.75) is 32.9 Å². The molecular weight excluding hydrogens is 378 g/mol. The second kappa shape index (κ2) is 10.0. The zero-order chi connectivity index (χ0) is 20.8. The summed E-state index contributed by atoms with van der Waals surface area (Å²) in [7, 11) is 1.99. The quantitative estimate of drug-likeness (QED) is 0.440. The number of guanidine groups is 1. The fourth-order valence-corrected chi connectivity index (χ4v) is 4.01. The largest absolute Gasteiger partial charge is 0.379 e. The summed E-state index contributed by atoms with van der Waals surface area (Å²) >= 11 is 0. The molecule has 3 heterocycles. The number of fused-ring (bicyclic) bond motifs is 1. The zero-order valence-electron chi connectivity index (χ0n) is 18.2. The van der Waals surface area contributed by atoms with E-state index in [1.54, 1.807) is 0 Å². The van der Waals surface area contributed by atoms with Crippen LogP contribution in [-0.2, 0) is 31.3 Å². The minimum atomic E-state index is 0.529. The van der Waals surface area contributed by atoms with Crippen molar-refractivity contribution in [2.24, 2.45) is 12.0 Å². The number of nitrogens with zero attached hydrogens (tertiary/aromatic N) is 6. The average molecular weight is 412 g/mol. The SMILES string of the molecule is Cc1nnc(CN=C(NCCCN2CCOCC2)N2CCc3ccccc3C2)n1C. The van der Waals surface area contributed by atoms with Crippen LogP contribution in [-0.4, -0.2) is 76.5 Å². The van der Waals surface area contributed by atoms with E-state index in [1.165, 1.54) is 11.1 Å². The monoisotopic (exact) mass is 411 g/mol. The Balaban J connectivity index is 1.39. The maximum atomic E-state index is 5.44. The van der Waals surface area contributed by atoms with E-state index in [-0.39, 0.29) is 0 Å². The highest BCUT2D eigenvalue weighted by molar-refractivity contribution is 5.80. The van der Waals surface area contributed by atoms with Crippen LogP contribution < -0.4 is 5.32 Å². The Morgan fingerprint density at radius 1 is 1.13 bits per heavy atom. The second-order valence-electron chi connectivity index (χ2n) is 8.04. The van der Waals surface area contributed by atoms with Crippen molar-refractivity contribution in [1.82, 2.24) is 29.9 Å². The molecule has 0 spiro atoms. The van der Waals surface area contributed by atoms with E-state index in [0.29, 0.717) is 6.54 Å². The molecule has 0 radical (unpaired) electrons. The number of benzene rings is 1. The number of aliphatic imine (C=N–C) groups is 1. The minimum Gasteiger partial charge on any atom is -0.379 e. The molecule has 1 aromatic carbocycles. The van der Waals surface area contributed by atoms with Gasteiger partial charge in [-0.1, -0.05) is 24.3 Å². The Morgan fingerprint density at radius 3 is 2.70 bits per heavy atom. The first-order valence-electron chi connectivity index (χ1n) is 11.0. The van der Waals surface area contributed by atoms with E-state index in [9.17, 15) is 0 Å². The first-order chi connectivity index (χ1) is 14.7. The number of morpholine rings is 1. The van der Waals surface area contributed by atoms with E-state index in [4.69, 9.17) is 9.73 Å². The van der Waals surface area contributed by atoms with Crippen LogP contribution in [0, 0.1) is 6.92 Å². The van der Waals surface area contributed by atoms with E-state index in [0.717, 1.165) is 82.9 Å². The van der Waals surface area contributed by atoms with E-state index in [2.05, 4.69) is 49.6 Å². The summed E-state index contributed by atoms with van der Waals surface area (Å²) in [6.07, 6.45) is 2.14. The Kier molecular flexibility index (Phi) is 6.96. The topological polar surface area (TPSA) is 70.8 Å². The van der Waals surface area contributed by atoms with Gasteiger partial charge in [0.25, 0.3) is 0 Å². The summed E-state index contributed by atoms with van der Waals surface area (Å²) in [4.78, 5) is 9.76. The lowest BCUT2D eigenvalue weighted by atomic mass is 10.0. The van der Waals surface area contributed by atoms with Gasteiger partial charge in [0.2, 0.25) is 0 Å². The van der Waals surface area contributed by atoms with E-state index in [1.807, 2.05) is 18.5 Å². The number of hydrogen-bond acceptors (Lipinski definition) is 5. The first-order valence-corrected chi connectivity index (χ1v) is 11.0. The van der Waals surface area contributed by atoms with Gasteiger partial charge in [-0.25, -0.2) is 4.99 Å². The van der Waals surface area contributed by atoms with Gasteiger partial charge in [-0.2, -0.15) is 0 Å². The van der Waals surface area contributed by atoms with E-state index < -0.39 is 0 Å². The lowest BCUT2D eigenvalue weighted by Gasteiger charge is -2.32. The minimum absolute atomic E-state index is 0.529. The molecule has 0 saturated carbocycles. The molecule has 0 bridgehead atoms. The molecule has 1 aromatic heterocycles. The van der Waals surface area contributed by atoms with Crippen LogP contribution in [0.2, 0.25) is 0 Å². The molecule has 1 saturated heterocycles. The predicted molar refractivity (Wildman–Crippen MR) is 117 cm³/mol. The third-order valence-corrected chi connectivity index (χ3v) is 6.02. The summed E-state index contributed by atoms with van der Waals surface area (Å²) in [5.74, 6) is 2.76. The van der Waals surface area contributed by atoms with Gasteiger partial charge >= 0.3 is 0 Å². The Bertz CT molecular complexity index is 857. The number of nitrogens with one attached hydrogen (secondary N) is 1. The standard InChI is InChI=1S/C22H33N7O/c1-18-25-26-21(27(18)2)16-24-22(23-9-5-10-28-12-14-30-15-13-28)29-11-8-19-6-3-4-7-20(19)17-29/h3-4,6-7H,5,8-17H2,1-2H3,(H,23,24). The van der Waals surface area contributed by atoms with Gasteiger partial charge in [0.05, 0.1) is 13.2 Å². The maximum absolute atomic E-state index is 5.44. The third kappa shape index (κ3) is 5.17. The molecule has 8 nitrogen and oxygen atoms in total. The van der Waals surface area contributed by atoms with Crippen molar-refractivity contribution < 1.29 is 4.74 Å². The molecule has 0 atom stereocenters. The summed E-state index contributed by atoms with van der Waals surface area (Å²) in [6, 6.07) is 8.71. The van der Waals surface area contributed by atoms with Crippen molar-refractivity contribution in [1.29, 1.82) is 0 Å². The first kappa shape index (κ1) is 20.8. The fourth-order valence-electron chi connectivity index (χ4n) is 4.01. The molecule has 30 heavy (non-hydrogen) atoms. The van der Waals surface area contributed by atoms with Gasteiger partial charge < -0.3 is 19.5 Å². The zero-order valence-corrected chi connectivity index (χ0v) is 18.2. The van der Waals surface area contributed by atoms with Gasteiger partial charge in [-0.3, -0.25) is 4.90 Å².